The van der Waals surface area contributed by atoms with Crippen molar-refractivity contribution >= 4 is 45.5 Å². The number of hydrogen-bond acceptors (Lipinski definition) is 2. The molecule has 1 atom stereocenters. The Bertz CT molecular complexity index is 553. The van der Waals surface area contributed by atoms with Gasteiger partial charge in [-0.15, -0.1) is 11.3 Å². The monoisotopic (exact) mass is 405 g/mol. The van der Waals surface area contributed by atoms with E-state index in [1.807, 2.05) is 11.3 Å². The Labute approximate surface area is 137 Å². The number of halogens is 2. The summed E-state index contributed by atoms with van der Waals surface area (Å²) < 4.78 is 1.10. The molecular formula is C15H17ClINS. The van der Waals surface area contributed by atoms with Crippen molar-refractivity contribution in [2.24, 2.45) is 0 Å². The summed E-state index contributed by atoms with van der Waals surface area (Å²) in [6.45, 7) is 5.27. The lowest BCUT2D eigenvalue weighted by Gasteiger charge is -2.17. The van der Waals surface area contributed by atoms with Gasteiger partial charge in [-0.3, -0.25) is 0 Å². The zero-order chi connectivity index (χ0) is 13.8. The van der Waals surface area contributed by atoms with Gasteiger partial charge in [0.1, 0.15) is 0 Å². The highest BCUT2D eigenvalue weighted by atomic mass is 127. The Morgan fingerprint density at radius 1 is 1.26 bits per heavy atom. The molecule has 0 aliphatic heterocycles. The van der Waals surface area contributed by atoms with E-state index in [-0.39, 0.29) is 6.04 Å². The molecule has 0 fully saturated rings. The first-order valence-electron chi connectivity index (χ1n) is 6.42. The predicted molar refractivity (Wildman–Crippen MR) is 93.4 cm³/mol. The Kier molecular flexibility index (Phi) is 5.69. The van der Waals surface area contributed by atoms with Gasteiger partial charge < -0.3 is 5.32 Å². The molecule has 4 heteroatoms. The first kappa shape index (κ1) is 15.3. The van der Waals surface area contributed by atoms with E-state index in [0.717, 1.165) is 21.6 Å². The molecule has 0 bridgehead atoms. The average Bonchev–Trinajstić information content (AvgIpc) is 2.88. The van der Waals surface area contributed by atoms with E-state index >= 15 is 0 Å². The van der Waals surface area contributed by atoms with Crippen LogP contribution in [0.3, 0.4) is 0 Å². The Morgan fingerprint density at radius 3 is 2.63 bits per heavy atom. The van der Waals surface area contributed by atoms with Crippen LogP contribution in [0.5, 0.6) is 0 Å². The van der Waals surface area contributed by atoms with Crippen LogP contribution in [0.4, 0.5) is 0 Å². The third-order valence-corrected chi connectivity index (χ3v) is 5.87. The van der Waals surface area contributed by atoms with E-state index in [9.17, 15) is 0 Å². The molecule has 0 radical (unpaired) electrons. The van der Waals surface area contributed by atoms with Gasteiger partial charge in [-0.05, 0) is 65.4 Å². The highest BCUT2D eigenvalue weighted by Gasteiger charge is 2.16. The first-order valence-corrected chi connectivity index (χ1v) is 8.70. The summed E-state index contributed by atoms with van der Waals surface area (Å²) in [7, 11) is 0. The Morgan fingerprint density at radius 2 is 2.05 bits per heavy atom. The number of benzene rings is 1. The summed E-state index contributed by atoms with van der Waals surface area (Å²) in [4.78, 5) is 2.78. The molecule has 1 unspecified atom stereocenters. The third-order valence-electron chi connectivity index (χ3n) is 3.00. The van der Waals surface area contributed by atoms with Crippen molar-refractivity contribution in [1.82, 2.24) is 5.32 Å². The van der Waals surface area contributed by atoms with Gasteiger partial charge in [0.05, 0.1) is 11.1 Å². The van der Waals surface area contributed by atoms with E-state index in [1.54, 1.807) is 0 Å². The highest BCUT2D eigenvalue weighted by Crippen LogP contribution is 2.31. The molecule has 2 aromatic rings. The standard InChI is InChI=1S/C15H17ClINS/c1-3-11-6-8-14(19-11)15(18-4-2)10-5-7-13(17)12(16)9-10/h5-9,15,18H,3-4H2,1-2H3. The minimum atomic E-state index is 0.241. The summed E-state index contributed by atoms with van der Waals surface area (Å²) in [6.07, 6.45) is 1.09. The van der Waals surface area contributed by atoms with Crippen LogP contribution in [-0.2, 0) is 6.42 Å². The molecule has 0 saturated carbocycles. The second kappa shape index (κ2) is 7.07. The van der Waals surface area contributed by atoms with Crippen molar-refractivity contribution < 1.29 is 0 Å². The average molecular weight is 406 g/mol. The molecule has 0 aliphatic carbocycles. The van der Waals surface area contributed by atoms with E-state index < -0.39 is 0 Å². The van der Waals surface area contributed by atoms with Crippen LogP contribution >= 0.6 is 45.5 Å². The van der Waals surface area contributed by atoms with Gasteiger partial charge in [-0.25, -0.2) is 0 Å². The van der Waals surface area contributed by atoms with E-state index in [2.05, 4.69) is 72.1 Å². The number of nitrogens with one attached hydrogen (secondary N) is 1. The lowest BCUT2D eigenvalue weighted by atomic mass is 10.1. The molecule has 0 amide bonds. The fourth-order valence-electron chi connectivity index (χ4n) is 2.02. The van der Waals surface area contributed by atoms with Gasteiger partial charge in [0.25, 0.3) is 0 Å². The van der Waals surface area contributed by atoms with Gasteiger partial charge >= 0.3 is 0 Å². The van der Waals surface area contributed by atoms with Gasteiger partial charge in [0.15, 0.2) is 0 Å². The maximum atomic E-state index is 6.25. The van der Waals surface area contributed by atoms with Gasteiger partial charge in [-0.2, -0.15) is 0 Å². The van der Waals surface area contributed by atoms with E-state index in [1.165, 1.54) is 15.3 Å². The zero-order valence-electron chi connectivity index (χ0n) is 11.0. The molecule has 1 aromatic carbocycles. The number of hydrogen-bond donors (Lipinski definition) is 1. The van der Waals surface area contributed by atoms with Crippen LogP contribution in [0, 0.1) is 3.57 Å². The second-order valence-electron chi connectivity index (χ2n) is 4.32. The molecule has 0 spiro atoms. The molecule has 0 saturated heterocycles. The number of thiophene rings is 1. The molecule has 2 rings (SSSR count). The molecule has 1 aromatic heterocycles. The largest absolute Gasteiger partial charge is 0.306 e. The smallest absolute Gasteiger partial charge is 0.0671 e. The molecule has 1 N–H and O–H groups in total. The summed E-state index contributed by atoms with van der Waals surface area (Å²) in [5.74, 6) is 0. The fraction of sp³-hybridized carbons (Fsp3) is 0.333. The zero-order valence-corrected chi connectivity index (χ0v) is 14.8. The van der Waals surface area contributed by atoms with Crippen LogP contribution < -0.4 is 5.32 Å². The summed E-state index contributed by atoms with van der Waals surface area (Å²) in [5.41, 5.74) is 1.23. The molecule has 0 aliphatic rings. The summed E-state index contributed by atoms with van der Waals surface area (Å²) in [5, 5.41) is 4.38. The predicted octanol–water partition coefficient (Wildman–Crippen LogP) is 5.27. The van der Waals surface area contributed by atoms with Crippen LogP contribution in [0.1, 0.15) is 35.2 Å². The van der Waals surface area contributed by atoms with E-state index in [0.29, 0.717) is 0 Å². The van der Waals surface area contributed by atoms with Crippen molar-refractivity contribution in [1.29, 1.82) is 0 Å². The minimum Gasteiger partial charge on any atom is -0.306 e. The fourth-order valence-corrected chi connectivity index (χ4v) is 3.60. The maximum absolute atomic E-state index is 6.25. The summed E-state index contributed by atoms with van der Waals surface area (Å²) in [6, 6.07) is 11.0. The van der Waals surface area contributed by atoms with E-state index in [4.69, 9.17) is 11.6 Å². The molecular weight excluding hydrogens is 389 g/mol. The van der Waals surface area contributed by atoms with Crippen LogP contribution in [-0.4, -0.2) is 6.54 Å². The van der Waals surface area contributed by atoms with Gasteiger partial charge in [-0.1, -0.05) is 31.5 Å². The number of rotatable bonds is 5. The minimum absolute atomic E-state index is 0.241. The van der Waals surface area contributed by atoms with Crippen molar-refractivity contribution in [2.75, 3.05) is 6.54 Å². The van der Waals surface area contributed by atoms with Crippen LogP contribution in [0.15, 0.2) is 30.3 Å². The van der Waals surface area contributed by atoms with Gasteiger partial charge in [0, 0.05) is 13.3 Å². The Hall–Kier alpha value is -0.100. The highest BCUT2D eigenvalue weighted by molar-refractivity contribution is 14.1. The summed E-state index contributed by atoms with van der Waals surface area (Å²) >= 11 is 10.4. The lowest BCUT2D eigenvalue weighted by Crippen LogP contribution is -2.21. The Balaban J connectivity index is 2.35. The third kappa shape index (κ3) is 3.72. The quantitative estimate of drug-likeness (QED) is 0.668. The molecule has 19 heavy (non-hydrogen) atoms. The topological polar surface area (TPSA) is 12.0 Å². The van der Waals surface area contributed by atoms with Crippen molar-refractivity contribution in [3.8, 4) is 0 Å². The lowest BCUT2D eigenvalue weighted by molar-refractivity contribution is 0.639. The first-order chi connectivity index (χ1) is 9.15. The molecule has 102 valence electrons. The maximum Gasteiger partial charge on any atom is 0.0671 e. The van der Waals surface area contributed by atoms with Crippen molar-refractivity contribution in [2.45, 2.75) is 26.3 Å². The van der Waals surface area contributed by atoms with Crippen LogP contribution in [0.25, 0.3) is 0 Å². The van der Waals surface area contributed by atoms with Crippen LogP contribution in [0.2, 0.25) is 5.02 Å². The van der Waals surface area contributed by atoms with Crippen molar-refractivity contribution in [3.63, 3.8) is 0 Å². The molecule has 1 nitrogen and oxygen atoms in total. The SMILES string of the molecule is CCNC(c1ccc(I)c(Cl)c1)c1ccc(CC)s1. The van der Waals surface area contributed by atoms with Crippen molar-refractivity contribution in [3.05, 3.63) is 54.2 Å². The van der Waals surface area contributed by atoms with Gasteiger partial charge in [0.2, 0.25) is 0 Å². The molecule has 1 heterocycles. The normalized spacial score (nSPS) is 12.6. The number of aryl methyl sites for hydroxylation is 1. The second-order valence-corrected chi connectivity index (χ2v) is 7.09.